The summed E-state index contributed by atoms with van der Waals surface area (Å²) in [4.78, 5) is 63.0. The molecule has 43 heavy (non-hydrogen) atoms. The molecule has 0 radical (unpaired) electrons. The molecule has 0 fully saturated rings. The molecule has 12 N–H and O–H groups in total. The van der Waals surface area contributed by atoms with Crippen molar-refractivity contribution in [3.63, 3.8) is 0 Å². The van der Waals surface area contributed by atoms with Gasteiger partial charge in [-0.15, -0.1) is 0 Å². The van der Waals surface area contributed by atoms with Gasteiger partial charge in [-0.25, -0.2) is 4.79 Å². The van der Waals surface area contributed by atoms with Crippen LogP contribution in [0.5, 0.6) is 11.5 Å². The molecule has 2 aromatic rings. The highest BCUT2D eigenvalue weighted by Gasteiger charge is 2.31. The number of hydrogen-bond acceptors (Lipinski definition) is 9. The first-order chi connectivity index (χ1) is 20.4. The van der Waals surface area contributed by atoms with Gasteiger partial charge >= 0.3 is 5.97 Å². The lowest BCUT2D eigenvalue weighted by molar-refractivity contribution is -0.142. The highest BCUT2D eigenvalue weighted by Crippen LogP contribution is 2.14. The summed E-state index contributed by atoms with van der Waals surface area (Å²) in [5.41, 5.74) is 17.9. The van der Waals surface area contributed by atoms with Crippen LogP contribution in [0.1, 0.15) is 43.2 Å². The van der Waals surface area contributed by atoms with Crippen molar-refractivity contribution in [2.75, 3.05) is 6.54 Å². The Bertz CT molecular complexity index is 1240. The number of primary amides is 1. The second-order valence-corrected chi connectivity index (χ2v) is 10.2. The third-order valence-corrected chi connectivity index (χ3v) is 6.62. The molecule has 234 valence electrons. The van der Waals surface area contributed by atoms with Crippen molar-refractivity contribution in [2.24, 2.45) is 17.2 Å². The van der Waals surface area contributed by atoms with Crippen molar-refractivity contribution in [1.29, 1.82) is 0 Å². The van der Waals surface area contributed by atoms with E-state index in [0.717, 1.165) is 0 Å². The Morgan fingerprint density at radius 3 is 1.63 bits per heavy atom. The molecule has 0 bridgehead atoms. The topological polar surface area (TPSA) is 260 Å². The zero-order chi connectivity index (χ0) is 31.9. The van der Waals surface area contributed by atoms with Gasteiger partial charge in [0.2, 0.25) is 23.6 Å². The van der Waals surface area contributed by atoms with E-state index in [1.165, 1.54) is 36.4 Å². The first-order valence-electron chi connectivity index (χ1n) is 13.8. The lowest BCUT2D eigenvalue weighted by Gasteiger charge is -2.25. The zero-order valence-corrected chi connectivity index (χ0v) is 23.7. The van der Waals surface area contributed by atoms with Crippen LogP contribution in [0.25, 0.3) is 0 Å². The third-order valence-electron chi connectivity index (χ3n) is 6.62. The fourth-order valence-corrected chi connectivity index (χ4v) is 4.16. The van der Waals surface area contributed by atoms with Crippen LogP contribution >= 0.6 is 0 Å². The maximum absolute atomic E-state index is 13.5. The Morgan fingerprint density at radius 1 is 0.674 bits per heavy atom. The standard InChI is InChI=1S/C29H40N6O8/c30-14-2-1-3-21(31)26(39)34-23(15-17-4-8-19(36)9-5-17)28(41)33-22(12-13-25(32)38)27(40)35-24(29(42)43)16-18-6-10-20(37)11-7-18/h4-11,21-24,36-37H,1-3,12-16,30-31H2,(H2,32,38)(H,33,41)(H,34,39)(H,35,40)(H,42,43). The first-order valence-corrected chi connectivity index (χ1v) is 13.8. The monoisotopic (exact) mass is 600 g/mol. The SMILES string of the molecule is NCCCCC(N)C(=O)NC(Cc1ccc(O)cc1)C(=O)NC(CCC(N)=O)C(=O)NC(Cc1ccc(O)cc1)C(=O)O. The van der Waals surface area contributed by atoms with Gasteiger partial charge in [-0.3, -0.25) is 19.2 Å². The lowest BCUT2D eigenvalue weighted by atomic mass is 10.0. The number of benzene rings is 2. The molecule has 0 spiro atoms. The largest absolute Gasteiger partial charge is 0.508 e. The Labute approximate surface area is 249 Å². The van der Waals surface area contributed by atoms with E-state index in [-0.39, 0.29) is 37.2 Å². The summed E-state index contributed by atoms with van der Waals surface area (Å²) in [7, 11) is 0. The summed E-state index contributed by atoms with van der Waals surface area (Å²) in [6.07, 6.45) is 0.905. The van der Waals surface area contributed by atoms with Gasteiger partial charge in [-0.1, -0.05) is 30.7 Å². The second-order valence-electron chi connectivity index (χ2n) is 10.2. The van der Waals surface area contributed by atoms with Crippen molar-refractivity contribution in [3.05, 3.63) is 59.7 Å². The second kappa shape index (κ2) is 17.3. The Hall–Kier alpha value is -4.69. The smallest absolute Gasteiger partial charge is 0.326 e. The molecule has 2 rings (SSSR count). The van der Waals surface area contributed by atoms with E-state index in [4.69, 9.17) is 17.2 Å². The van der Waals surface area contributed by atoms with Gasteiger partial charge in [0.05, 0.1) is 6.04 Å². The van der Waals surface area contributed by atoms with Crippen LogP contribution in [0.3, 0.4) is 0 Å². The quantitative estimate of drug-likeness (QED) is 0.0956. The number of phenolic OH excluding ortho intramolecular Hbond substituents is 2. The normalized spacial score (nSPS) is 13.6. The van der Waals surface area contributed by atoms with Crippen LogP contribution in [-0.4, -0.2) is 75.6 Å². The number of rotatable bonds is 18. The molecule has 4 atom stereocenters. The van der Waals surface area contributed by atoms with Crippen LogP contribution < -0.4 is 33.2 Å². The molecule has 0 aliphatic rings. The van der Waals surface area contributed by atoms with Gasteiger partial charge in [0.25, 0.3) is 0 Å². The summed E-state index contributed by atoms with van der Waals surface area (Å²) in [6, 6.07) is 6.77. The molecule has 0 aliphatic heterocycles. The van der Waals surface area contributed by atoms with E-state index in [9.17, 15) is 39.3 Å². The lowest BCUT2D eigenvalue weighted by Crippen LogP contribution is -2.57. The van der Waals surface area contributed by atoms with E-state index in [2.05, 4.69) is 16.0 Å². The van der Waals surface area contributed by atoms with Gasteiger partial charge in [0, 0.05) is 19.3 Å². The molecule has 0 saturated heterocycles. The first kappa shape index (κ1) is 34.5. The molecule has 0 heterocycles. The summed E-state index contributed by atoms with van der Waals surface area (Å²) in [5.74, 6) is -4.38. The summed E-state index contributed by atoms with van der Waals surface area (Å²) >= 11 is 0. The van der Waals surface area contributed by atoms with Crippen LogP contribution in [0.2, 0.25) is 0 Å². The predicted octanol–water partition coefficient (Wildman–Crippen LogP) is -0.856. The number of unbranched alkanes of at least 4 members (excludes halogenated alkanes) is 1. The molecule has 4 amide bonds. The van der Waals surface area contributed by atoms with Gasteiger partial charge < -0.3 is 48.5 Å². The predicted molar refractivity (Wildman–Crippen MR) is 156 cm³/mol. The number of carbonyl (C=O) groups excluding carboxylic acids is 4. The summed E-state index contributed by atoms with van der Waals surface area (Å²) < 4.78 is 0. The minimum atomic E-state index is -1.40. The van der Waals surface area contributed by atoms with E-state index in [1.54, 1.807) is 12.1 Å². The highest BCUT2D eigenvalue weighted by molar-refractivity contribution is 5.94. The number of carboxylic acid groups (broad SMARTS) is 1. The maximum atomic E-state index is 13.5. The van der Waals surface area contributed by atoms with Crippen LogP contribution in [0, 0.1) is 0 Å². The zero-order valence-electron chi connectivity index (χ0n) is 23.7. The van der Waals surface area contributed by atoms with Crippen molar-refractivity contribution in [2.45, 2.75) is 69.1 Å². The fourth-order valence-electron chi connectivity index (χ4n) is 4.16. The van der Waals surface area contributed by atoms with Crippen LogP contribution in [-0.2, 0) is 36.8 Å². The number of nitrogens with two attached hydrogens (primary N) is 3. The van der Waals surface area contributed by atoms with E-state index in [0.29, 0.717) is 36.9 Å². The van der Waals surface area contributed by atoms with Crippen molar-refractivity contribution in [1.82, 2.24) is 16.0 Å². The third kappa shape index (κ3) is 12.4. The number of carboxylic acids is 1. The van der Waals surface area contributed by atoms with Crippen molar-refractivity contribution >= 4 is 29.6 Å². The molecule has 14 nitrogen and oxygen atoms in total. The minimum absolute atomic E-state index is 0.000751. The summed E-state index contributed by atoms with van der Waals surface area (Å²) in [6.45, 7) is 0.437. The number of carbonyl (C=O) groups is 5. The van der Waals surface area contributed by atoms with Crippen LogP contribution in [0.4, 0.5) is 0 Å². The van der Waals surface area contributed by atoms with E-state index < -0.39 is 53.8 Å². The van der Waals surface area contributed by atoms with Gasteiger partial charge in [0.15, 0.2) is 0 Å². The molecule has 2 aromatic carbocycles. The maximum Gasteiger partial charge on any atom is 0.326 e. The molecule has 4 unspecified atom stereocenters. The Kier molecular flexibility index (Phi) is 13.9. The fraction of sp³-hybridized carbons (Fsp3) is 0.414. The summed E-state index contributed by atoms with van der Waals surface area (Å²) in [5, 5.41) is 36.3. The molecule has 14 heteroatoms. The van der Waals surface area contributed by atoms with Gasteiger partial charge in [-0.05, 0) is 61.2 Å². The van der Waals surface area contributed by atoms with Crippen molar-refractivity contribution < 1.29 is 39.3 Å². The van der Waals surface area contributed by atoms with Crippen LogP contribution in [0.15, 0.2) is 48.5 Å². The van der Waals surface area contributed by atoms with Gasteiger partial charge in [0.1, 0.15) is 29.6 Å². The Balaban J connectivity index is 2.24. The van der Waals surface area contributed by atoms with Gasteiger partial charge in [-0.2, -0.15) is 0 Å². The number of phenols is 2. The average molecular weight is 601 g/mol. The molecule has 0 aromatic heterocycles. The molecule has 0 saturated carbocycles. The molecule has 0 aliphatic carbocycles. The average Bonchev–Trinajstić information content (AvgIpc) is 2.96. The number of nitrogens with one attached hydrogen (secondary N) is 3. The number of aliphatic carboxylic acids is 1. The number of amides is 4. The van der Waals surface area contributed by atoms with E-state index in [1.807, 2.05) is 0 Å². The van der Waals surface area contributed by atoms with Crippen molar-refractivity contribution in [3.8, 4) is 11.5 Å². The number of aromatic hydroxyl groups is 2. The minimum Gasteiger partial charge on any atom is -0.508 e. The van der Waals surface area contributed by atoms with E-state index >= 15 is 0 Å². The highest BCUT2D eigenvalue weighted by atomic mass is 16.4. The number of hydrogen-bond donors (Lipinski definition) is 9. The Morgan fingerprint density at radius 2 is 1.14 bits per heavy atom. The molecular formula is C29H40N6O8. The molecular weight excluding hydrogens is 560 g/mol.